The van der Waals surface area contributed by atoms with Crippen LogP contribution in [0.5, 0.6) is 0 Å². The molecule has 5 nitrogen and oxygen atoms in total. The van der Waals surface area contributed by atoms with Gasteiger partial charge in [0.15, 0.2) is 0 Å². The predicted octanol–water partition coefficient (Wildman–Crippen LogP) is 0.301. The Labute approximate surface area is 96.9 Å². The molecular formula is C11H22N2O3. The number of hydrogen-bond acceptors (Lipinski definition) is 3. The first-order valence-corrected chi connectivity index (χ1v) is 5.44. The van der Waals surface area contributed by atoms with Gasteiger partial charge in [-0.25, -0.2) is 0 Å². The first-order chi connectivity index (χ1) is 7.38. The molecule has 2 amide bonds. The number of carbonyl (C=O) groups is 2. The normalized spacial score (nSPS) is 11.0. The van der Waals surface area contributed by atoms with E-state index < -0.39 is 0 Å². The molecule has 0 saturated carbocycles. The van der Waals surface area contributed by atoms with Gasteiger partial charge in [0.1, 0.15) is 0 Å². The Kier molecular flexibility index (Phi) is 6.72. The van der Waals surface area contributed by atoms with E-state index in [0.29, 0.717) is 26.2 Å². The van der Waals surface area contributed by atoms with Gasteiger partial charge in [0.05, 0.1) is 13.2 Å². The molecule has 2 N–H and O–H groups in total. The van der Waals surface area contributed by atoms with Crippen molar-refractivity contribution >= 4 is 11.8 Å². The molecule has 0 bridgehead atoms. The van der Waals surface area contributed by atoms with Crippen LogP contribution in [0.3, 0.4) is 0 Å². The highest BCUT2D eigenvalue weighted by Gasteiger charge is 2.20. The fourth-order valence-corrected chi connectivity index (χ4v) is 0.894. The Morgan fingerprint density at radius 1 is 1.19 bits per heavy atom. The molecular weight excluding hydrogens is 208 g/mol. The van der Waals surface area contributed by atoms with Gasteiger partial charge in [0.2, 0.25) is 11.8 Å². The molecule has 0 saturated heterocycles. The molecule has 0 aromatic rings. The van der Waals surface area contributed by atoms with Crippen LogP contribution in [0, 0.1) is 5.41 Å². The lowest BCUT2D eigenvalue weighted by molar-refractivity contribution is -0.129. The van der Waals surface area contributed by atoms with Crippen LogP contribution in [0.4, 0.5) is 0 Å². The van der Waals surface area contributed by atoms with Crippen molar-refractivity contribution in [1.82, 2.24) is 10.6 Å². The molecule has 5 heteroatoms. The number of rotatable bonds is 6. The first kappa shape index (κ1) is 14.9. The summed E-state index contributed by atoms with van der Waals surface area (Å²) >= 11 is 0. The summed E-state index contributed by atoms with van der Waals surface area (Å²) in [5, 5.41) is 5.27. The zero-order valence-electron chi connectivity index (χ0n) is 10.6. The van der Waals surface area contributed by atoms with E-state index in [4.69, 9.17) is 4.74 Å². The molecule has 0 spiro atoms. The van der Waals surface area contributed by atoms with Gasteiger partial charge in [-0.2, -0.15) is 0 Å². The standard InChI is InChI=1S/C11H22N2O3/c1-11(2,3)10(15)13-6-8-16-7-5-9(14)12-4/h5-8H2,1-4H3,(H,12,14)(H,13,15). The molecule has 94 valence electrons. The van der Waals surface area contributed by atoms with Crippen molar-refractivity contribution in [3.8, 4) is 0 Å². The first-order valence-electron chi connectivity index (χ1n) is 5.44. The maximum Gasteiger partial charge on any atom is 0.225 e. The molecule has 0 atom stereocenters. The van der Waals surface area contributed by atoms with Crippen LogP contribution in [-0.2, 0) is 14.3 Å². The van der Waals surface area contributed by atoms with Gasteiger partial charge in [-0.15, -0.1) is 0 Å². The van der Waals surface area contributed by atoms with E-state index in [1.807, 2.05) is 20.8 Å². The van der Waals surface area contributed by atoms with E-state index in [2.05, 4.69) is 10.6 Å². The molecule has 0 fully saturated rings. The highest BCUT2D eigenvalue weighted by molar-refractivity contribution is 5.81. The van der Waals surface area contributed by atoms with E-state index in [0.717, 1.165) is 0 Å². The summed E-state index contributed by atoms with van der Waals surface area (Å²) in [7, 11) is 1.59. The van der Waals surface area contributed by atoms with Gasteiger partial charge in [-0.3, -0.25) is 9.59 Å². The Balaban J connectivity index is 3.41. The second kappa shape index (κ2) is 7.22. The van der Waals surface area contributed by atoms with Crippen molar-refractivity contribution in [3.63, 3.8) is 0 Å². The van der Waals surface area contributed by atoms with Crippen molar-refractivity contribution < 1.29 is 14.3 Å². The lowest BCUT2D eigenvalue weighted by Gasteiger charge is -2.17. The molecule has 0 aliphatic rings. The summed E-state index contributed by atoms with van der Waals surface area (Å²) in [6.07, 6.45) is 0.351. The lowest BCUT2D eigenvalue weighted by atomic mass is 9.96. The van der Waals surface area contributed by atoms with E-state index in [-0.39, 0.29) is 17.2 Å². The van der Waals surface area contributed by atoms with Crippen molar-refractivity contribution in [2.75, 3.05) is 26.8 Å². The largest absolute Gasteiger partial charge is 0.379 e. The summed E-state index contributed by atoms with van der Waals surface area (Å²) in [6.45, 7) is 6.85. The number of ether oxygens (including phenoxy) is 1. The highest BCUT2D eigenvalue weighted by Crippen LogP contribution is 2.11. The number of carbonyl (C=O) groups excluding carboxylic acids is 2. The number of hydrogen-bond donors (Lipinski definition) is 2. The summed E-state index contributed by atoms with van der Waals surface area (Å²) in [6, 6.07) is 0. The molecule has 0 unspecified atom stereocenters. The monoisotopic (exact) mass is 230 g/mol. The minimum absolute atomic E-state index is 0.00222. The average molecular weight is 230 g/mol. The van der Waals surface area contributed by atoms with E-state index in [1.54, 1.807) is 7.05 Å². The summed E-state index contributed by atoms with van der Waals surface area (Å²) in [5.41, 5.74) is -0.373. The third-order valence-corrected chi connectivity index (χ3v) is 1.97. The fourth-order valence-electron chi connectivity index (χ4n) is 0.894. The van der Waals surface area contributed by atoms with E-state index in [9.17, 15) is 9.59 Å². The van der Waals surface area contributed by atoms with Crippen LogP contribution >= 0.6 is 0 Å². The molecule has 16 heavy (non-hydrogen) atoms. The SMILES string of the molecule is CNC(=O)CCOCCNC(=O)C(C)(C)C. The quantitative estimate of drug-likeness (QED) is 0.645. The number of nitrogens with one attached hydrogen (secondary N) is 2. The minimum atomic E-state index is -0.373. The second-order valence-corrected chi connectivity index (χ2v) is 4.54. The lowest BCUT2D eigenvalue weighted by Crippen LogP contribution is -2.36. The Hall–Kier alpha value is -1.10. The van der Waals surface area contributed by atoms with Gasteiger partial charge in [-0.05, 0) is 0 Å². The van der Waals surface area contributed by atoms with Gasteiger partial charge >= 0.3 is 0 Å². The summed E-state index contributed by atoms with van der Waals surface area (Å²) < 4.78 is 5.19. The van der Waals surface area contributed by atoms with Crippen LogP contribution in [-0.4, -0.2) is 38.6 Å². The fraction of sp³-hybridized carbons (Fsp3) is 0.818. The zero-order valence-corrected chi connectivity index (χ0v) is 10.6. The molecule has 0 heterocycles. The zero-order chi connectivity index (χ0) is 12.6. The molecule has 0 aliphatic heterocycles. The van der Waals surface area contributed by atoms with Gasteiger partial charge in [0, 0.05) is 25.4 Å². The maximum absolute atomic E-state index is 11.4. The van der Waals surface area contributed by atoms with Crippen LogP contribution in [0.1, 0.15) is 27.2 Å². The van der Waals surface area contributed by atoms with Crippen LogP contribution in [0.25, 0.3) is 0 Å². The maximum atomic E-state index is 11.4. The van der Waals surface area contributed by atoms with Gasteiger partial charge in [0.25, 0.3) is 0 Å². The van der Waals surface area contributed by atoms with Crippen LogP contribution in [0.2, 0.25) is 0 Å². The average Bonchev–Trinajstić information content (AvgIpc) is 2.20. The molecule has 0 aromatic carbocycles. The smallest absolute Gasteiger partial charge is 0.225 e. The molecule has 0 rings (SSSR count). The summed E-state index contributed by atoms with van der Waals surface area (Å²) in [5.74, 6) is -0.0406. The van der Waals surface area contributed by atoms with Crippen LogP contribution in [0.15, 0.2) is 0 Å². The minimum Gasteiger partial charge on any atom is -0.379 e. The van der Waals surface area contributed by atoms with Gasteiger partial charge in [-0.1, -0.05) is 20.8 Å². The summed E-state index contributed by atoms with van der Waals surface area (Å²) in [4.78, 5) is 22.2. The molecule has 0 radical (unpaired) electrons. The van der Waals surface area contributed by atoms with Crippen LogP contribution < -0.4 is 10.6 Å². The third-order valence-electron chi connectivity index (χ3n) is 1.97. The Morgan fingerprint density at radius 2 is 1.81 bits per heavy atom. The van der Waals surface area contributed by atoms with E-state index in [1.165, 1.54) is 0 Å². The Bertz CT molecular complexity index is 234. The predicted molar refractivity (Wildman–Crippen MR) is 62.0 cm³/mol. The van der Waals surface area contributed by atoms with Gasteiger partial charge < -0.3 is 15.4 Å². The second-order valence-electron chi connectivity index (χ2n) is 4.54. The molecule has 0 aliphatic carbocycles. The third kappa shape index (κ3) is 7.23. The van der Waals surface area contributed by atoms with Crippen molar-refractivity contribution in [3.05, 3.63) is 0 Å². The topological polar surface area (TPSA) is 67.4 Å². The Morgan fingerprint density at radius 3 is 2.31 bits per heavy atom. The van der Waals surface area contributed by atoms with Crippen molar-refractivity contribution in [2.45, 2.75) is 27.2 Å². The number of amides is 2. The van der Waals surface area contributed by atoms with Crippen molar-refractivity contribution in [2.24, 2.45) is 5.41 Å². The molecule has 0 aromatic heterocycles. The highest BCUT2D eigenvalue weighted by atomic mass is 16.5. The van der Waals surface area contributed by atoms with Crippen molar-refractivity contribution in [1.29, 1.82) is 0 Å². The van der Waals surface area contributed by atoms with E-state index >= 15 is 0 Å².